The fourth-order valence-electron chi connectivity index (χ4n) is 3.48. The van der Waals surface area contributed by atoms with E-state index in [4.69, 9.17) is 4.74 Å². The van der Waals surface area contributed by atoms with Crippen molar-refractivity contribution in [2.45, 2.75) is 19.8 Å². The van der Waals surface area contributed by atoms with Gasteiger partial charge < -0.3 is 15.0 Å². The molecule has 2 aromatic carbocycles. The Kier molecular flexibility index (Phi) is 5.24. The van der Waals surface area contributed by atoms with Gasteiger partial charge in [-0.3, -0.25) is 4.79 Å². The summed E-state index contributed by atoms with van der Waals surface area (Å²) in [5.41, 5.74) is 3.66. The summed E-state index contributed by atoms with van der Waals surface area (Å²) >= 11 is 0. The number of benzene rings is 2. The van der Waals surface area contributed by atoms with Gasteiger partial charge in [-0.25, -0.2) is 4.98 Å². The van der Waals surface area contributed by atoms with Gasteiger partial charge in [0.25, 0.3) is 5.91 Å². The van der Waals surface area contributed by atoms with Gasteiger partial charge in [0.15, 0.2) is 0 Å². The monoisotopic (exact) mass is 373 g/mol. The first-order valence-corrected chi connectivity index (χ1v) is 9.61. The number of nitrogens with one attached hydrogen (secondary N) is 1. The van der Waals surface area contributed by atoms with Crippen LogP contribution in [0, 0.1) is 0 Å². The lowest BCUT2D eigenvalue weighted by Crippen LogP contribution is -2.35. The fraction of sp³-hybridized carbons (Fsp3) is 0.217. The standard InChI is InChI=1S/C23H23N3O2/c1-2-28-21-12-6-4-10-19(21)25-22-14-13-18(16-24-22)23(27)26-15-7-9-17-8-3-5-11-20(17)26/h3-6,8,10-14,16H,2,7,9,15H2,1H3,(H,24,25). The maximum absolute atomic E-state index is 13.0. The molecule has 3 aromatic rings. The van der Waals surface area contributed by atoms with Crippen molar-refractivity contribution in [1.82, 2.24) is 4.98 Å². The molecule has 2 heterocycles. The minimum atomic E-state index is -0.0130. The van der Waals surface area contributed by atoms with E-state index in [1.165, 1.54) is 5.56 Å². The van der Waals surface area contributed by atoms with E-state index in [2.05, 4.69) is 16.4 Å². The van der Waals surface area contributed by atoms with Gasteiger partial charge in [0.1, 0.15) is 11.6 Å². The number of rotatable bonds is 5. The molecule has 5 nitrogen and oxygen atoms in total. The molecule has 0 saturated heterocycles. The molecule has 28 heavy (non-hydrogen) atoms. The van der Waals surface area contributed by atoms with Gasteiger partial charge in [-0.05, 0) is 55.7 Å². The number of aryl methyl sites for hydroxylation is 1. The molecule has 0 fully saturated rings. The summed E-state index contributed by atoms with van der Waals surface area (Å²) in [5, 5.41) is 3.26. The zero-order chi connectivity index (χ0) is 19.3. The Morgan fingerprint density at radius 1 is 1.11 bits per heavy atom. The lowest BCUT2D eigenvalue weighted by atomic mass is 10.0. The van der Waals surface area contributed by atoms with Crippen molar-refractivity contribution in [3.63, 3.8) is 0 Å². The lowest BCUT2D eigenvalue weighted by Gasteiger charge is -2.29. The number of carbonyl (C=O) groups excluding carboxylic acids is 1. The van der Waals surface area contributed by atoms with Crippen molar-refractivity contribution >= 4 is 23.1 Å². The van der Waals surface area contributed by atoms with E-state index in [9.17, 15) is 4.79 Å². The van der Waals surface area contributed by atoms with Gasteiger partial charge in [-0.2, -0.15) is 0 Å². The Morgan fingerprint density at radius 3 is 2.75 bits per heavy atom. The van der Waals surface area contributed by atoms with Gasteiger partial charge in [0.05, 0.1) is 17.9 Å². The summed E-state index contributed by atoms with van der Waals surface area (Å²) in [6.07, 6.45) is 3.62. The first kappa shape index (κ1) is 18.0. The molecule has 0 radical (unpaired) electrons. The molecule has 142 valence electrons. The molecule has 1 aromatic heterocycles. The molecule has 1 N–H and O–H groups in total. The van der Waals surface area contributed by atoms with Crippen LogP contribution in [-0.2, 0) is 6.42 Å². The fourth-order valence-corrected chi connectivity index (χ4v) is 3.48. The maximum atomic E-state index is 13.0. The third-order valence-electron chi connectivity index (χ3n) is 4.82. The molecule has 0 atom stereocenters. The molecule has 1 amide bonds. The van der Waals surface area contributed by atoms with Crippen molar-refractivity contribution < 1.29 is 9.53 Å². The van der Waals surface area contributed by atoms with Crippen LogP contribution in [-0.4, -0.2) is 24.0 Å². The largest absolute Gasteiger partial charge is 0.492 e. The van der Waals surface area contributed by atoms with E-state index in [0.717, 1.165) is 36.5 Å². The number of aromatic nitrogens is 1. The van der Waals surface area contributed by atoms with E-state index < -0.39 is 0 Å². The van der Waals surface area contributed by atoms with E-state index >= 15 is 0 Å². The molecule has 4 rings (SSSR count). The van der Waals surface area contributed by atoms with E-state index in [-0.39, 0.29) is 5.91 Å². The molecular weight excluding hydrogens is 350 g/mol. The molecule has 0 spiro atoms. The Bertz CT molecular complexity index is 970. The molecule has 0 saturated carbocycles. The summed E-state index contributed by atoms with van der Waals surface area (Å²) in [6, 6.07) is 19.5. The Labute approximate surface area is 165 Å². The number of anilines is 3. The van der Waals surface area contributed by atoms with Gasteiger partial charge in [-0.1, -0.05) is 30.3 Å². The second kappa shape index (κ2) is 8.13. The zero-order valence-electron chi connectivity index (χ0n) is 15.9. The summed E-state index contributed by atoms with van der Waals surface area (Å²) in [4.78, 5) is 19.3. The van der Waals surface area contributed by atoms with Crippen LogP contribution in [0.1, 0.15) is 29.3 Å². The van der Waals surface area contributed by atoms with E-state index in [1.54, 1.807) is 6.20 Å². The number of fused-ring (bicyclic) bond motifs is 1. The minimum Gasteiger partial charge on any atom is -0.492 e. The van der Waals surface area contributed by atoms with Crippen molar-refractivity contribution in [3.05, 3.63) is 78.0 Å². The predicted octanol–water partition coefficient (Wildman–Crippen LogP) is 4.82. The van der Waals surface area contributed by atoms with Crippen molar-refractivity contribution in [1.29, 1.82) is 0 Å². The first-order valence-electron chi connectivity index (χ1n) is 9.61. The Morgan fingerprint density at radius 2 is 1.93 bits per heavy atom. The molecule has 5 heteroatoms. The lowest BCUT2D eigenvalue weighted by molar-refractivity contribution is 0.0985. The minimum absolute atomic E-state index is 0.0130. The third-order valence-corrected chi connectivity index (χ3v) is 4.82. The van der Waals surface area contributed by atoms with E-state index in [1.807, 2.05) is 66.4 Å². The average molecular weight is 373 g/mol. The van der Waals surface area contributed by atoms with Crippen molar-refractivity contribution in [2.75, 3.05) is 23.4 Å². The molecule has 1 aliphatic rings. The number of hydrogen-bond donors (Lipinski definition) is 1. The highest BCUT2D eigenvalue weighted by molar-refractivity contribution is 6.06. The Hall–Kier alpha value is -3.34. The van der Waals surface area contributed by atoms with Gasteiger partial charge in [0, 0.05) is 18.4 Å². The van der Waals surface area contributed by atoms with Crippen LogP contribution in [0.4, 0.5) is 17.2 Å². The van der Waals surface area contributed by atoms with Crippen LogP contribution in [0.5, 0.6) is 5.75 Å². The molecule has 0 aliphatic carbocycles. The quantitative estimate of drug-likeness (QED) is 0.697. The highest BCUT2D eigenvalue weighted by Crippen LogP contribution is 2.29. The van der Waals surface area contributed by atoms with Crippen LogP contribution in [0.3, 0.4) is 0 Å². The van der Waals surface area contributed by atoms with Crippen LogP contribution < -0.4 is 15.0 Å². The summed E-state index contributed by atoms with van der Waals surface area (Å²) in [7, 11) is 0. The average Bonchev–Trinajstić information content (AvgIpc) is 2.75. The molecule has 1 aliphatic heterocycles. The van der Waals surface area contributed by atoms with Gasteiger partial charge in [-0.15, -0.1) is 0 Å². The molecule has 0 bridgehead atoms. The predicted molar refractivity (Wildman–Crippen MR) is 112 cm³/mol. The SMILES string of the molecule is CCOc1ccccc1Nc1ccc(C(=O)N2CCCc3ccccc32)cn1. The summed E-state index contributed by atoms with van der Waals surface area (Å²) < 4.78 is 5.63. The van der Waals surface area contributed by atoms with Crippen LogP contribution >= 0.6 is 0 Å². The first-order chi connectivity index (χ1) is 13.8. The topological polar surface area (TPSA) is 54.5 Å². The van der Waals surface area contributed by atoms with Gasteiger partial charge in [0.2, 0.25) is 0 Å². The number of pyridine rings is 1. The zero-order valence-corrected chi connectivity index (χ0v) is 15.9. The van der Waals surface area contributed by atoms with Crippen LogP contribution in [0.2, 0.25) is 0 Å². The summed E-state index contributed by atoms with van der Waals surface area (Å²) in [5.74, 6) is 1.43. The molecular formula is C23H23N3O2. The van der Waals surface area contributed by atoms with E-state index in [0.29, 0.717) is 18.0 Å². The second-order valence-corrected chi connectivity index (χ2v) is 6.68. The summed E-state index contributed by atoms with van der Waals surface area (Å²) in [6.45, 7) is 3.28. The highest BCUT2D eigenvalue weighted by Gasteiger charge is 2.23. The maximum Gasteiger partial charge on any atom is 0.259 e. The van der Waals surface area contributed by atoms with Gasteiger partial charge >= 0.3 is 0 Å². The molecule has 0 unspecified atom stereocenters. The normalized spacial score (nSPS) is 13.0. The van der Waals surface area contributed by atoms with Crippen LogP contribution in [0.15, 0.2) is 66.9 Å². The third kappa shape index (κ3) is 3.69. The highest BCUT2D eigenvalue weighted by atomic mass is 16.5. The van der Waals surface area contributed by atoms with Crippen LogP contribution in [0.25, 0.3) is 0 Å². The number of hydrogen-bond acceptors (Lipinski definition) is 4. The number of nitrogens with zero attached hydrogens (tertiary/aromatic N) is 2. The number of amides is 1. The van der Waals surface area contributed by atoms with Crippen molar-refractivity contribution in [2.24, 2.45) is 0 Å². The Balaban J connectivity index is 1.52. The smallest absolute Gasteiger partial charge is 0.259 e. The number of para-hydroxylation sites is 3. The number of carbonyl (C=O) groups is 1. The number of ether oxygens (including phenoxy) is 1. The second-order valence-electron chi connectivity index (χ2n) is 6.68. The van der Waals surface area contributed by atoms with Crippen molar-refractivity contribution in [3.8, 4) is 5.75 Å².